The summed E-state index contributed by atoms with van der Waals surface area (Å²) in [5, 5.41) is 0.108. The first-order valence-electron chi connectivity index (χ1n) is 8.28. The number of fused-ring (bicyclic) bond motifs is 1. The maximum atomic E-state index is 12.5. The molecule has 2 aromatic carbocycles. The number of sulfonamides is 1. The van der Waals surface area contributed by atoms with E-state index >= 15 is 0 Å². The lowest BCUT2D eigenvalue weighted by molar-refractivity contribution is 0.582. The maximum Gasteiger partial charge on any atom is 0.326 e. The van der Waals surface area contributed by atoms with E-state index in [1.54, 1.807) is 0 Å². The fourth-order valence-corrected chi connectivity index (χ4v) is 3.74. The molecule has 9 heteroatoms. The monoisotopic (exact) mass is 388 g/mol. The van der Waals surface area contributed by atoms with Crippen LogP contribution in [0.5, 0.6) is 0 Å². The molecule has 0 fully saturated rings. The Labute approximate surface area is 155 Å². The van der Waals surface area contributed by atoms with E-state index in [4.69, 9.17) is 0 Å². The minimum Gasteiger partial charge on any atom is -0.378 e. The molecule has 0 amide bonds. The predicted octanol–water partition coefficient (Wildman–Crippen LogP) is 0.803. The summed E-state index contributed by atoms with van der Waals surface area (Å²) in [6, 6.07) is 11.9. The van der Waals surface area contributed by atoms with E-state index in [9.17, 15) is 18.0 Å². The molecule has 3 rings (SSSR count). The van der Waals surface area contributed by atoms with Gasteiger partial charge in [-0.05, 0) is 42.3 Å². The van der Waals surface area contributed by atoms with Crippen molar-refractivity contribution < 1.29 is 8.42 Å². The summed E-state index contributed by atoms with van der Waals surface area (Å²) in [5.41, 5.74) is 1.09. The molecule has 27 heavy (non-hydrogen) atoms. The van der Waals surface area contributed by atoms with Crippen molar-refractivity contribution in [2.45, 2.75) is 11.3 Å². The zero-order valence-corrected chi connectivity index (χ0v) is 15.8. The lowest BCUT2D eigenvalue weighted by Crippen LogP contribution is -2.27. The van der Waals surface area contributed by atoms with Crippen LogP contribution in [0.3, 0.4) is 0 Å². The van der Waals surface area contributed by atoms with Crippen molar-refractivity contribution in [2.24, 2.45) is 0 Å². The van der Waals surface area contributed by atoms with E-state index in [1.165, 1.54) is 18.2 Å². The van der Waals surface area contributed by atoms with Crippen LogP contribution in [-0.4, -0.2) is 39.0 Å². The van der Waals surface area contributed by atoms with E-state index in [1.807, 2.05) is 43.3 Å². The van der Waals surface area contributed by atoms with Gasteiger partial charge in [0, 0.05) is 26.3 Å². The molecule has 0 spiro atoms. The Morgan fingerprint density at radius 2 is 1.70 bits per heavy atom. The minimum absolute atomic E-state index is 0.0319. The molecule has 0 aliphatic rings. The predicted molar refractivity (Wildman–Crippen MR) is 105 cm³/mol. The van der Waals surface area contributed by atoms with Crippen molar-refractivity contribution in [3.05, 3.63) is 68.9 Å². The SMILES string of the molecule is CN(C)c1ccc(CCNS(=O)(=O)c2ccc3[nH]c(=O)[nH]c(=O)c3c2)cc1. The third-order valence-electron chi connectivity index (χ3n) is 4.18. The Morgan fingerprint density at radius 3 is 2.37 bits per heavy atom. The van der Waals surface area contributed by atoms with Crippen LogP contribution in [0.25, 0.3) is 10.9 Å². The van der Waals surface area contributed by atoms with Gasteiger partial charge in [0.25, 0.3) is 5.56 Å². The van der Waals surface area contributed by atoms with E-state index < -0.39 is 21.3 Å². The van der Waals surface area contributed by atoms with Crippen molar-refractivity contribution in [1.29, 1.82) is 0 Å². The molecule has 0 aliphatic carbocycles. The third kappa shape index (κ3) is 4.26. The average Bonchev–Trinajstić information content (AvgIpc) is 2.61. The van der Waals surface area contributed by atoms with Gasteiger partial charge < -0.3 is 9.88 Å². The van der Waals surface area contributed by atoms with Crippen molar-refractivity contribution in [1.82, 2.24) is 14.7 Å². The summed E-state index contributed by atoms with van der Waals surface area (Å²) < 4.78 is 27.5. The summed E-state index contributed by atoms with van der Waals surface area (Å²) in [6.45, 7) is 0.226. The number of aromatic nitrogens is 2. The Balaban J connectivity index is 1.74. The van der Waals surface area contributed by atoms with Crippen LogP contribution < -0.4 is 20.9 Å². The normalized spacial score (nSPS) is 11.6. The highest BCUT2D eigenvalue weighted by Gasteiger charge is 2.15. The van der Waals surface area contributed by atoms with E-state index in [0.717, 1.165) is 11.3 Å². The van der Waals surface area contributed by atoms with Gasteiger partial charge in [0.05, 0.1) is 15.8 Å². The van der Waals surface area contributed by atoms with Crippen LogP contribution in [0.15, 0.2) is 56.9 Å². The number of rotatable bonds is 6. The van der Waals surface area contributed by atoms with Crippen molar-refractivity contribution in [2.75, 3.05) is 25.5 Å². The molecule has 3 N–H and O–H groups in total. The Bertz CT molecular complexity index is 1180. The Hall–Kier alpha value is -2.91. The Kier molecular flexibility index (Phi) is 5.15. The summed E-state index contributed by atoms with van der Waals surface area (Å²) >= 11 is 0. The zero-order chi connectivity index (χ0) is 19.6. The molecule has 0 aliphatic heterocycles. The summed E-state index contributed by atoms with van der Waals surface area (Å²) in [7, 11) is 0.130. The number of hydrogen-bond acceptors (Lipinski definition) is 5. The highest BCUT2D eigenvalue weighted by Crippen LogP contribution is 2.15. The first kappa shape index (κ1) is 18.9. The topological polar surface area (TPSA) is 115 Å². The number of hydrogen-bond donors (Lipinski definition) is 3. The molecular weight excluding hydrogens is 368 g/mol. The highest BCUT2D eigenvalue weighted by molar-refractivity contribution is 7.89. The smallest absolute Gasteiger partial charge is 0.326 e. The molecule has 0 atom stereocenters. The van der Waals surface area contributed by atoms with Crippen LogP contribution in [0, 0.1) is 0 Å². The minimum atomic E-state index is -3.77. The lowest BCUT2D eigenvalue weighted by atomic mass is 10.1. The molecule has 0 radical (unpaired) electrons. The lowest BCUT2D eigenvalue weighted by Gasteiger charge is -2.13. The number of H-pyrrole nitrogens is 2. The van der Waals surface area contributed by atoms with Gasteiger partial charge in [-0.15, -0.1) is 0 Å². The molecule has 0 saturated carbocycles. The molecule has 0 bridgehead atoms. The molecule has 0 unspecified atom stereocenters. The van der Waals surface area contributed by atoms with Crippen LogP contribution in [-0.2, 0) is 16.4 Å². The molecular formula is C18H20N4O4S. The van der Waals surface area contributed by atoms with Gasteiger partial charge in [-0.2, -0.15) is 0 Å². The summed E-state index contributed by atoms with van der Waals surface area (Å²) in [6.07, 6.45) is 0.536. The molecule has 3 aromatic rings. The van der Waals surface area contributed by atoms with E-state index in [0.29, 0.717) is 6.42 Å². The van der Waals surface area contributed by atoms with Crippen LogP contribution in [0.1, 0.15) is 5.56 Å². The van der Waals surface area contributed by atoms with Crippen molar-refractivity contribution in [3.63, 3.8) is 0 Å². The van der Waals surface area contributed by atoms with Crippen molar-refractivity contribution in [3.8, 4) is 0 Å². The Morgan fingerprint density at radius 1 is 1.00 bits per heavy atom. The van der Waals surface area contributed by atoms with Gasteiger partial charge in [-0.3, -0.25) is 9.78 Å². The largest absolute Gasteiger partial charge is 0.378 e. The quantitative estimate of drug-likeness (QED) is 0.578. The molecule has 1 aromatic heterocycles. The highest BCUT2D eigenvalue weighted by atomic mass is 32.2. The number of aromatic amines is 2. The van der Waals surface area contributed by atoms with E-state index in [-0.39, 0.29) is 22.3 Å². The number of nitrogens with one attached hydrogen (secondary N) is 3. The van der Waals surface area contributed by atoms with E-state index in [2.05, 4.69) is 14.7 Å². The van der Waals surface area contributed by atoms with Gasteiger partial charge in [-0.1, -0.05) is 12.1 Å². The summed E-state index contributed by atoms with van der Waals surface area (Å²) in [5.74, 6) is 0. The van der Waals surface area contributed by atoms with Gasteiger partial charge in [0.1, 0.15) is 0 Å². The van der Waals surface area contributed by atoms with Crippen LogP contribution in [0.4, 0.5) is 5.69 Å². The average molecular weight is 388 g/mol. The molecule has 1 heterocycles. The fourth-order valence-electron chi connectivity index (χ4n) is 2.69. The number of anilines is 1. The van der Waals surface area contributed by atoms with Gasteiger partial charge in [-0.25, -0.2) is 17.9 Å². The molecule has 8 nitrogen and oxygen atoms in total. The fraction of sp³-hybridized carbons (Fsp3) is 0.222. The standard InChI is InChI=1S/C18H20N4O4S/c1-22(2)13-5-3-12(4-6-13)9-10-19-27(25,26)14-7-8-16-15(11-14)17(23)21-18(24)20-16/h3-8,11,19H,9-10H2,1-2H3,(H2,20,21,23,24). The second-order valence-corrected chi connectivity index (χ2v) is 8.09. The first-order chi connectivity index (χ1) is 12.8. The first-order valence-corrected chi connectivity index (χ1v) is 9.77. The van der Waals surface area contributed by atoms with Gasteiger partial charge in [0.2, 0.25) is 10.0 Å². The van der Waals surface area contributed by atoms with Crippen LogP contribution >= 0.6 is 0 Å². The number of nitrogens with zero attached hydrogens (tertiary/aromatic N) is 1. The molecule has 142 valence electrons. The van der Waals surface area contributed by atoms with Gasteiger partial charge in [0.15, 0.2) is 0 Å². The van der Waals surface area contributed by atoms with Gasteiger partial charge >= 0.3 is 5.69 Å². The third-order valence-corrected chi connectivity index (χ3v) is 5.64. The molecule has 0 saturated heterocycles. The van der Waals surface area contributed by atoms with Crippen molar-refractivity contribution >= 4 is 26.6 Å². The zero-order valence-electron chi connectivity index (χ0n) is 14.9. The number of benzene rings is 2. The maximum absolute atomic E-state index is 12.5. The summed E-state index contributed by atoms with van der Waals surface area (Å²) in [4.78, 5) is 29.6. The second kappa shape index (κ2) is 7.37. The van der Waals surface area contributed by atoms with Crippen LogP contribution in [0.2, 0.25) is 0 Å². The second-order valence-electron chi connectivity index (χ2n) is 6.32.